The molecule has 17 heavy (non-hydrogen) atoms. The van der Waals surface area contributed by atoms with Crippen LogP contribution in [0.5, 0.6) is 0 Å². The van der Waals surface area contributed by atoms with Crippen molar-refractivity contribution in [3.8, 4) is 0 Å². The maximum absolute atomic E-state index is 12.5. The fourth-order valence-corrected chi connectivity index (χ4v) is 2.81. The molecule has 1 aromatic carbocycles. The largest absolute Gasteiger partial charge is 0.385 e. The van der Waals surface area contributed by atoms with Crippen molar-refractivity contribution in [2.75, 3.05) is 25.1 Å². The maximum Gasteiger partial charge on any atom is 0.145 e. The van der Waals surface area contributed by atoms with Crippen molar-refractivity contribution in [2.24, 2.45) is 5.92 Å². The van der Waals surface area contributed by atoms with Crippen LogP contribution in [0.15, 0.2) is 24.3 Å². The van der Waals surface area contributed by atoms with Crippen LogP contribution in [-0.2, 0) is 9.53 Å². The van der Waals surface area contributed by atoms with Crippen molar-refractivity contribution in [2.45, 2.75) is 18.8 Å². The number of benzene rings is 1. The van der Waals surface area contributed by atoms with Crippen LogP contribution in [0.1, 0.15) is 24.3 Å². The molecule has 0 aromatic heterocycles. The highest BCUT2D eigenvalue weighted by atomic mass is 16.5. The van der Waals surface area contributed by atoms with Gasteiger partial charge in [-0.2, -0.15) is 0 Å². The van der Waals surface area contributed by atoms with Crippen molar-refractivity contribution in [3.63, 3.8) is 0 Å². The number of ether oxygens (including phenoxy) is 1. The summed E-state index contributed by atoms with van der Waals surface area (Å²) in [5, 5.41) is 3.35. The van der Waals surface area contributed by atoms with Crippen LogP contribution in [0.4, 0.5) is 5.69 Å². The molecule has 2 heterocycles. The Morgan fingerprint density at radius 1 is 1.29 bits per heavy atom. The van der Waals surface area contributed by atoms with Crippen molar-refractivity contribution in [3.05, 3.63) is 29.8 Å². The fourth-order valence-electron chi connectivity index (χ4n) is 2.81. The van der Waals surface area contributed by atoms with Crippen LogP contribution in [0, 0.1) is 5.92 Å². The zero-order valence-electron chi connectivity index (χ0n) is 9.82. The van der Waals surface area contributed by atoms with E-state index in [9.17, 15) is 4.79 Å². The molecule has 1 aromatic rings. The van der Waals surface area contributed by atoms with Gasteiger partial charge < -0.3 is 10.1 Å². The lowest BCUT2D eigenvalue weighted by molar-refractivity contribution is -0.124. The lowest BCUT2D eigenvalue weighted by atomic mass is 9.82. The average Bonchev–Trinajstić information content (AvgIpc) is 2.91. The van der Waals surface area contributed by atoms with Gasteiger partial charge in [0.05, 0.1) is 6.61 Å². The molecule has 3 nitrogen and oxygen atoms in total. The Kier molecular flexibility index (Phi) is 2.85. The van der Waals surface area contributed by atoms with E-state index in [2.05, 4.69) is 17.4 Å². The van der Waals surface area contributed by atoms with E-state index in [1.807, 2.05) is 12.1 Å². The number of rotatable bonds is 2. The number of Topliss-reactive ketones (excluding diaryl/α,β-unsaturated/α-hetero) is 1. The first-order chi connectivity index (χ1) is 8.36. The van der Waals surface area contributed by atoms with Gasteiger partial charge in [-0.3, -0.25) is 4.79 Å². The van der Waals surface area contributed by atoms with E-state index >= 15 is 0 Å². The molecule has 0 aliphatic carbocycles. The monoisotopic (exact) mass is 231 g/mol. The van der Waals surface area contributed by atoms with Crippen LogP contribution < -0.4 is 5.32 Å². The van der Waals surface area contributed by atoms with Gasteiger partial charge in [-0.05, 0) is 24.5 Å². The lowest BCUT2D eigenvalue weighted by Gasteiger charge is -2.27. The molecule has 0 radical (unpaired) electrons. The second kappa shape index (κ2) is 4.49. The molecule has 2 aliphatic heterocycles. The summed E-state index contributed by atoms with van der Waals surface area (Å²) in [7, 11) is 0. The standard InChI is InChI=1S/C14H17NO2/c16-14(10-6-8-17-9-10)12-5-7-15-13-4-2-1-3-11(12)13/h1-4,10,12,15H,5-9H2. The fraction of sp³-hybridized carbons (Fsp3) is 0.500. The predicted octanol–water partition coefficient (Wildman–Crippen LogP) is 2.19. The minimum absolute atomic E-state index is 0.0687. The third-order valence-electron chi connectivity index (χ3n) is 3.76. The predicted molar refractivity (Wildman–Crippen MR) is 66.2 cm³/mol. The molecule has 2 atom stereocenters. The number of anilines is 1. The van der Waals surface area contributed by atoms with Gasteiger partial charge in [-0.15, -0.1) is 0 Å². The molecule has 1 fully saturated rings. The Morgan fingerprint density at radius 3 is 3.00 bits per heavy atom. The first-order valence-corrected chi connectivity index (χ1v) is 6.30. The first kappa shape index (κ1) is 10.8. The SMILES string of the molecule is O=C(C1CCOC1)C1CCNc2ccccc21. The Hall–Kier alpha value is -1.35. The summed E-state index contributed by atoms with van der Waals surface area (Å²) in [6.07, 6.45) is 1.80. The van der Waals surface area contributed by atoms with Crippen LogP contribution >= 0.6 is 0 Å². The Morgan fingerprint density at radius 2 is 2.18 bits per heavy atom. The van der Waals surface area contributed by atoms with E-state index in [1.54, 1.807) is 0 Å². The number of para-hydroxylation sites is 1. The van der Waals surface area contributed by atoms with Gasteiger partial charge in [-0.1, -0.05) is 18.2 Å². The van der Waals surface area contributed by atoms with E-state index in [0.717, 1.165) is 37.2 Å². The molecule has 0 saturated carbocycles. The molecule has 3 heteroatoms. The number of carbonyl (C=O) groups excluding carboxylic acids is 1. The molecule has 0 spiro atoms. The second-order valence-corrected chi connectivity index (χ2v) is 4.82. The highest BCUT2D eigenvalue weighted by molar-refractivity contribution is 5.90. The van der Waals surface area contributed by atoms with E-state index in [1.165, 1.54) is 0 Å². The summed E-state index contributed by atoms with van der Waals surface area (Å²) in [5.41, 5.74) is 2.28. The van der Waals surface area contributed by atoms with Crippen LogP contribution in [-0.4, -0.2) is 25.5 Å². The molecule has 0 amide bonds. The summed E-state index contributed by atoms with van der Waals surface area (Å²) < 4.78 is 5.32. The Balaban J connectivity index is 1.86. The third kappa shape index (κ3) is 1.95. The van der Waals surface area contributed by atoms with Crippen molar-refractivity contribution in [1.29, 1.82) is 0 Å². The highest BCUT2D eigenvalue weighted by Crippen LogP contribution is 2.35. The number of ketones is 1. The minimum atomic E-state index is 0.0687. The van der Waals surface area contributed by atoms with Crippen LogP contribution in [0.2, 0.25) is 0 Å². The number of hydrogen-bond donors (Lipinski definition) is 1. The van der Waals surface area contributed by atoms with Crippen molar-refractivity contribution in [1.82, 2.24) is 0 Å². The van der Waals surface area contributed by atoms with Crippen LogP contribution in [0.3, 0.4) is 0 Å². The van der Waals surface area contributed by atoms with Gasteiger partial charge in [0, 0.05) is 30.7 Å². The summed E-state index contributed by atoms with van der Waals surface area (Å²) in [6, 6.07) is 8.15. The normalized spacial score (nSPS) is 27.3. The Bertz CT molecular complexity index is 424. The molecule has 1 saturated heterocycles. The number of fused-ring (bicyclic) bond motifs is 1. The first-order valence-electron chi connectivity index (χ1n) is 6.30. The van der Waals surface area contributed by atoms with E-state index < -0.39 is 0 Å². The molecule has 1 N–H and O–H groups in total. The van der Waals surface area contributed by atoms with Gasteiger partial charge in [-0.25, -0.2) is 0 Å². The van der Waals surface area contributed by atoms with Gasteiger partial charge in [0.15, 0.2) is 0 Å². The number of nitrogens with one attached hydrogen (secondary N) is 1. The molecule has 3 rings (SSSR count). The molecule has 2 aliphatic rings. The molecule has 90 valence electrons. The summed E-state index contributed by atoms with van der Waals surface area (Å²) in [4.78, 5) is 12.5. The van der Waals surface area contributed by atoms with Crippen LogP contribution in [0.25, 0.3) is 0 Å². The Labute approximate surface area is 101 Å². The smallest absolute Gasteiger partial charge is 0.145 e. The van der Waals surface area contributed by atoms with Gasteiger partial charge in [0.1, 0.15) is 5.78 Å². The zero-order valence-corrected chi connectivity index (χ0v) is 9.82. The maximum atomic E-state index is 12.5. The second-order valence-electron chi connectivity index (χ2n) is 4.82. The number of carbonyl (C=O) groups is 1. The molecule has 0 bridgehead atoms. The van der Waals surface area contributed by atoms with Gasteiger partial charge in [0.25, 0.3) is 0 Å². The lowest BCUT2D eigenvalue weighted by Crippen LogP contribution is -2.28. The highest BCUT2D eigenvalue weighted by Gasteiger charge is 2.33. The topological polar surface area (TPSA) is 38.3 Å². The van der Waals surface area contributed by atoms with E-state index in [-0.39, 0.29) is 11.8 Å². The molecular formula is C14H17NO2. The van der Waals surface area contributed by atoms with E-state index in [0.29, 0.717) is 12.4 Å². The minimum Gasteiger partial charge on any atom is -0.385 e. The van der Waals surface area contributed by atoms with Gasteiger partial charge >= 0.3 is 0 Å². The summed E-state index contributed by atoms with van der Waals surface area (Å²) >= 11 is 0. The van der Waals surface area contributed by atoms with Crippen molar-refractivity contribution < 1.29 is 9.53 Å². The molecule has 2 unspecified atom stereocenters. The molecular weight excluding hydrogens is 214 g/mol. The third-order valence-corrected chi connectivity index (χ3v) is 3.76. The summed E-state index contributed by atoms with van der Waals surface area (Å²) in [6.45, 7) is 2.24. The zero-order chi connectivity index (χ0) is 11.7. The summed E-state index contributed by atoms with van der Waals surface area (Å²) in [5.74, 6) is 0.557. The average molecular weight is 231 g/mol. The quantitative estimate of drug-likeness (QED) is 0.848. The van der Waals surface area contributed by atoms with Crippen molar-refractivity contribution >= 4 is 11.5 Å². The van der Waals surface area contributed by atoms with Gasteiger partial charge in [0.2, 0.25) is 0 Å². The van der Waals surface area contributed by atoms with E-state index in [4.69, 9.17) is 4.74 Å². The number of hydrogen-bond acceptors (Lipinski definition) is 3.